The Morgan fingerprint density at radius 2 is 1.90 bits per heavy atom. The van der Waals surface area contributed by atoms with E-state index in [4.69, 9.17) is 0 Å². The molecule has 0 aliphatic carbocycles. The molecule has 0 saturated carbocycles. The van der Waals surface area contributed by atoms with Crippen LogP contribution in [-0.2, 0) is 16.0 Å². The molecule has 1 aromatic carbocycles. The van der Waals surface area contributed by atoms with Crippen LogP contribution < -0.4 is 0 Å². The zero-order valence-electron chi connectivity index (χ0n) is 17.7. The maximum absolute atomic E-state index is 13.3. The maximum Gasteiger partial charge on any atom is 0.230 e. The SMILES string of the molecule is CCCC(=O)N1CCC[C@@](Cc2cccc(-c3ccncc3)c2)(C(=O)N(C)C)C1. The van der Waals surface area contributed by atoms with E-state index in [0.29, 0.717) is 19.4 Å². The van der Waals surface area contributed by atoms with Crippen molar-refractivity contribution >= 4 is 11.8 Å². The van der Waals surface area contributed by atoms with E-state index in [9.17, 15) is 9.59 Å². The Balaban J connectivity index is 1.90. The average molecular weight is 394 g/mol. The molecule has 29 heavy (non-hydrogen) atoms. The van der Waals surface area contributed by atoms with Gasteiger partial charge in [0.1, 0.15) is 0 Å². The van der Waals surface area contributed by atoms with Crippen molar-refractivity contribution in [3.05, 3.63) is 54.4 Å². The van der Waals surface area contributed by atoms with Crippen LogP contribution in [0.25, 0.3) is 11.1 Å². The number of hydrogen-bond donors (Lipinski definition) is 0. The molecule has 5 heteroatoms. The molecule has 2 heterocycles. The van der Waals surface area contributed by atoms with Crippen molar-refractivity contribution in [2.24, 2.45) is 5.41 Å². The highest BCUT2D eigenvalue weighted by Gasteiger charge is 2.44. The summed E-state index contributed by atoms with van der Waals surface area (Å²) in [5.41, 5.74) is 2.78. The summed E-state index contributed by atoms with van der Waals surface area (Å²) in [5, 5.41) is 0. The Bertz CT molecular complexity index is 850. The molecular formula is C24H31N3O2. The second-order valence-corrected chi connectivity index (χ2v) is 8.26. The number of nitrogens with zero attached hydrogens (tertiary/aromatic N) is 3. The van der Waals surface area contributed by atoms with Crippen LogP contribution in [0.2, 0.25) is 0 Å². The molecule has 0 unspecified atom stereocenters. The number of pyridine rings is 1. The van der Waals surface area contributed by atoms with Crippen LogP contribution >= 0.6 is 0 Å². The van der Waals surface area contributed by atoms with Gasteiger partial charge in [0.25, 0.3) is 0 Å². The Labute approximate surface area is 173 Å². The van der Waals surface area contributed by atoms with Gasteiger partial charge in [-0.3, -0.25) is 14.6 Å². The highest BCUT2D eigenvalue weighted by atomic mass is 16.2. The number of hydrogen-bond acceptors (Lipinski definition) is 3. The van der Waals surface area contributed by atoms with Crippen LogP contribution in [0.15, 0.2) is 48.8 Å². The molecule has 5 nitrogen and oxygen atoms in total. The van der Waals surface area contributed by atoms with Crippen LogP contribution in [0.1, 0.15) is 38.2 Å². The largest absolute Gasteiger partial charge is 0.348 e. The van der Waals surface area contributed by atoms with Gasteiger partial charge in [0.2, 0.25) is 11.8 Å². The molecule has 0 N–H and O–H groups in total. The Morgan fingerprint density at radius 3 is 2.59 bits per heavy atom. The van der Waals surface area contributed by atoms with Gasteiger partial charge in [-0.1, -0.05) is 31.2 Å². The molecule has 1 aromatic heterocycles. The van der Waals surface area contributed by atoms with Crippen LogP contribution in [0, 0.1) is 5.41 Å². The second-order valence-electron chi connectivity index (χ2n) is 8.26. The number of piperidine rings is 1. The minimum Gasteiger partial charge on any atom is -0.348 e. The topological polar surface area (TPSA) is 53.5 Å². The molecule has 0 radical (unpaired) electrons. The Kier molecular flexibility index (Phi) is 6.68. The van der Waals surface area contributed by atoms with Crippen LogP contribution in [0.4, 0.5) is 0 Å². The number of likely N-dealkylation sites (tertiary alicyclic amines) is 1. The van der Waals surface area contributed by atoms with E-state index in [1.165, 1.54) is 0 Å². The molecule has 154 valence electrons. The molecular weight excluding hydrogens is 362 g/mol. The van der Waals surface area contributed by atoms with Crippen LogP contribution in [0.5, 0.6) is 0 Å². The fourth-order valence-electron chi connectivity index (χ4n) is 4.38. The van der Waals surface area contributed by atoms with Crippen LogP contribution in [-0.4, -0.2) is 53.8 Å². The van der Waals surface area contributed by atoms with Crippen molar-refractivity contribution in [3.63, 3.8) is 0 Å². The summed E-state index contributed by atoms with van der Waals surface area (Å²) in [4.78, 5) is 33.5. The third-order valence-corrected chi connectivity index (χ3v) is 5.74. The summed E-state index contributed by atoms with van der Waals surface area (Å²) >= 11 is 0. The van der Waals surface area contributed by atoms with Gasteiger partial charge in [-0.2, -0.15) is 0 Å². The maximum atomic E-state index is 13.3. The minimum atomic E-state index is -0.567. The zero-order chi connectivity index (χ0) is 20.9. The van der Waals surface area contributed by atoms with E-state index in [1.54, 1.807) is 17.3 Å². The summed E-state index contributed by atoms with van der Waals surface area (Å²) in [6.45, 7) is 3.27. The van der Waals surface area contributed by atoms with E-state index in [2.05, 4.69) is 23.2 Å². The molecule has 1 aliphatic heterocycles. The highest BCUT2D eigenvalue weighted by Crippen LogP contribution is 2.36. The quantitative estimate of drug-likeness (QED) is 0.750. The molecule has 3 rings (SSSR count). The van der Waals surface area contributed by atoms with E-state index in [0.717, 1.165) is 42.5 Å². The van der Waals surface area contributed by atoms with Crippen molar-refractivity contribution in [2.45, 2.75) is 39.0 Å². The predicted octanol–water partition coefficient (Wildman–Crippen LogP) is 3.79. The third kappa shape index (κ3) is 4.84. The first-order valence-corrected chi connectivity index (χ1v) is 10.4. The highest BCUT2D eigenvalue weighted by molar-refractivity contribution is 5.85. The van der Waals surface area contributed by atoms with Gasteiger partial charge < -0.3 is 9.80 Å². The van der Waals surface area contributed by atoms with Gasteiger partial charge >= 0.3 is 0 Å². The molecule has 2 aromatic rings. The van der Waals surface area contributed by atoms with E-state index in [-0.39, 0.29) is 11.8 Å². The summed E-state index contributed by atoms with van der Waals surface area (Å²) < 4.78 is 0. The molecule has 1 atom stereocenters. The van der Waals surface area contributed by atoms with Gasteiger partial charge in [0.05, 0.1) is 5.41 Å². The van der Waals surface area contributed by atoms with Crippen molar-refractivity contribution in [1.82, 2.24) is 14.8 Å². The second kappa shape index (κ2) is 9.21. The van der Waals surface area contributed by atoms with E-state index < -0.39 is 5.41 Å². The lowest BCUT2D eigenvalue weighted by Gasteiger charge is -2.43. The Morgan fingerprint density at radius 1 is 1.14 bits per heavy atom. The number of benzene rings is 1. The number of carbonyl (C=O) groups excluding carboxylic acids is 2. The minimum absolute atomic E-state index is 0.112. The predicted molar refractivity (Wildman–Crippen MR) is 115 cm³/mol. The fraction of sp³-hybridized carbons (Fsp3) is 0.458. The molecule has 2 amide bonds. The molecule has 0 bridgehead atoms. The number of amides is 2. The van der Waals surface area contributed by atoms with Gasteiger partial charge in [0, 0.05) is 46.0 Å². The smallest absolute Gasteiger partial charge is 0.230 e. The molecule has 1 fully saturated rings. The van der Waals surface area contributed by atoms with Gasteiger partial charge in [-0.05, 0) is 54.5 Å². The lowest BCUT2D eigenvalue weighted by molar-refractivity contribution is -0.147. The lowest BCUT2D eigenvalue weighted by Crippen LogP contribution is -2.54. The van der Waals surface area contributed by atoms with Crippen molar-refractivity contribution in [1.29, 1.82) is 0 Å². The average Bonchev–Trinajstić information content (AvgIpc) is 2.74. The third-order valence-electron chi connectivity index (χ3n) is 5.74. The zero-order valence-corrected chi connectivity index (χ0v) is 17.7. The summed E-state index contributed by atoms with van der Waals surface area (Å²) in [5.74, 6) is 0.273. The number of aromatic nitrogens is 1. The fourth-order valence-corrected chi connectivity index (χ4v) is 4.38. The van der Waals surface area contributed by atoms with Gasteiger partial charge in [-0.25, -0.2) is 0 Å². The lowest BCUT2D eigenvalue weighted by atomic mass is 9.73. The summed E-state index contributed by atoms with van der Waals surface area (Å²) in [6, 6.07) is 12.4. The number of rotatable bonds is 6. The normalized spacial score (nSPS) is 19.1. The van der Waals surface area contributed by atoms with Gasteiger partial charge in [0.15, 0.2) is 0 Å². The molecule has 1 aliphatic rings. The Hall–Kier alpha value is -2.69. The first-order chi connectivity index (χ1) is 13.9. The summed E-state index contributed by atoms with van der Waals surface area (Å²) in [6.07, 6.45) is 7.26. The molecule has 1 saturated heterocycles. The van der Waals surface area contributed by atoms with Crippen LogP contribution in [0.3, 0.4) is 0 Å². The number of carbonyl (C=O) groups is 2. The van der Waals surface area contributed by atoms with Crippen molar-refractivity contribution in [3.8, 4) is 11.1 Å². The van der Waals surface area contributed by atoms with Crippen molar-refractivity contribution in [2.75, 3.05) is 27.2 Å². The summed E-state index contributed by atoms with van der Waals surface area (Å²) in [7, 11) is 3.62. The first-order valence-electron chi connectivity index (χ1n) is 10.4. The van der Waals surface area contributed by atoms with Gasteiger partial charge in [-0.15, -0.1) is 0 Å². The van der Waals surface area contributed by atoms with E-state index >= 15 is 0 Å². The van der Waals surface area contributed by atoms with Crippen molar-refractivity contribution < 1.29 is 9.59 Å². The van der Waals surface area contributed by atoms with E-state index in [1.807, 2.05) is 44.1 Å². The standard InChI is InChI=1S/C24H31N3O2/c1-4-7-22(28)27-15-6-12-24(18-27,23(29)26(2)3)17-19-8-5-9-21(16-19)20-10-13-25-14-11-20/h5,8-11,13-14,16H,4,6-7,12,15,17-18H2,1-3H3/t24-/m0/s1. The molecule has 0 spiro atoms. The monoisotopic (exact) mass is 393 g/mol. The first kappa shape index (κ1) is 21.0.